The van der Waals surface area contributed by atoms with Crippen molar-refractivity contribution in [1.29, 1.82) is 0 Å². The van der Waals surface area contributed by atoms with Crippen molar-refractivity contribution in [2.45, 2.75) is 44.3 Å². The van der Waals surface area contributed by atoms with Crippen molar-refractivity contribution in [3.63, 3.8) is 0 Å². The molecular weight excluding hydrogens is 425 g/mol. The molecule has 8 nitrogen and oxygen atoms in total. The summed E-state index contributed by atoms with van der Waals surface area (Å²) in [5.41, 5.74) is 10.2. The second kappa shape index (κ2) is 7.28. The number of hydrogen-bond donors (Lipinski definition) is 4. The lowest BCUT2D eigenvalue weighted by Crippen LogP contribution is -2.37. The van der Waals surface area contributed by atoms with E-state index in [9.17, 15) is 9.90 Å². The molecule has 0 saturated heterocycles. The van der Waals surface area contributed by atoms with Crippen LogP contribution in [0.15, 0.2) is 24.5 Å². The van der Waals surface area contributed by atoms with Crippen LogP contribution >= 0.6 is 0 Å². The molecule has 2 aliphatic carbocycles. The summed E-state index contributed by atoms with van der Waals surface area (Å²) in [7, 11) is 0. The van der Waals surface area contributed by atoms with E-state index in [1.807, 2.05) is 6.92 Å². The number of nitrogens with zero attached hydrogens (tertiary/aromatic N) is 2. The largest absolute Gasteiger partial charge is 0.446 e. The Morgan fingerprint density at radius 2 is 2.06 bits per heavy atom. The molecule has 2 fully saturated rings. The van der Waals surface area contributed by atoms with Crippen LogP contribution in [-0.4, -0.2) is 39.9 Å². The standard InChI is InChI=1S/C24H24FN5O3/c1-10-17(8-29-23-15-3-12(15)7-28-22(10)23)16-2-11-4-19(27-9-18(11)21(26)20(16)25)30-24(32)33-14-5-13(31)6-14/h2,4,8-9,12-15,28,31H,3,5-7,26H2,1H3,(H,27,30,32)/t12?,13-,14+,15-/m1/s1. The van der Waals surface area contributed by atoms with Gasteiger partial charge in [-0.05, 0) is 42.3 Å². The lowest BCUT2D eigenvalue weighted by molar-refractivity contribution is -0.0308. The minimum atomic E-state index is -0.645. The molecule has 0 radical (unpaired) electrons. The van der Waals surface area contributed by atoms with Crippen LogP contribution in [0.5, 0.6) is 0 Å². The zero-order chi connectivity index (χ0) is 22.9. The van der Waals surface area contributed by atoms with Gasteiger partial charge in [-0.25, -0.2) is 14.2 Å². The van der Waals surface area contributed by atoms with Crippen molar-refractivity contribution in [1.82, 2.24) is 9.97 Å². The average molecular weight is 449 g/mol. The van der Waals surface area contributed by atoms with Gasteiger partial charge >= 0.3 is 6.09 Å². The van der Waals surface area contributed by atoms with E-state index in [-0.39, 0.29) is 17.6 Å². The third kappa shape index (κ3) is 3.34. The number of carbonyl (C=O) groups excluding carboxylic acids is 1. The summed E-state index contributed by atoms with van der Waals surface area (Å²) < 4.78 is 20.6. The number of aliphatic hydroxyl groups excluding tert-OH is 1. The fourth-order valence-electron chi connectivity index (χ4n) is 4.92. The molecule has 6 rings (SSSR count). The fraction of sp³-hybridized carbons (Fsp3) is 0.375. The average Bonchev–Trinajstić information content (AvgIpc) is 3.56. The van der Waals surface area contributed by atoms with Gasteiger partial charge in [-0.1, -0.05) is 0 Å². The second-order valence-corrected chi connectivity index (χ2v) is 9.26. The molecule has 170 valence electrons. The van der Waals surface area contributed by atoms with E-state index in [1.165, 1.54) is 6.20 Å². The van der Waals surface area contributed by atoms with Crippen LogP contribution in [0, 0.1) is 18.7 Å². The number of halogens is 1. The number of nitrogens with two attached hydrogens (primary N) is 1. The normalized spacial score (nSPS) is 24.8. The molecule has 33 heavy (non-hydrogen) atoms. The smallest absolute Gasteiger partial charge is 0.413 e. The summed E-state index contributed by atoms with van der Waals surface area (Å²) >= 11 is 0. The lowest BCUT2D eigenvalue weighted by atomic mass is 9.92. The molecule has 1 aromatic carbocycles. The summed E-state index contributed by atoms with van der Waals surface area (Å²) in [6.07, 6.45) is 3.82. The monoisotopic (exact) mass is 449 g/mol. The molecule has 2 atom stereocenters. The number of aliphatic hydroxyl groups is 1. The highest BCUT2D eigenvalue weighted by Gasteiger charge is 2.44. The van der Waals surface area contributed by atoms with Crippen LogP contribution in [0.1, 0.15) is 36.4 Å². The third-order valence-electron chi connectivity index (χ3n) is 7.05. The predicted octanol–water partition coefficient (Wildman–Crippen LogP) is 3.93. The SMILES string of the molecule is Cc1c(-c2cc3cc(NC(=O)O[C@H]4C[C@@H](O)C4)ncc3c(N)c2F)cnc2c1NCC1C[C@@H]21. The number of ether oxygens (including phenoxy) is 1. The summed E-state index contributed by atoms with van der Waals surface area (Å²) in [4.78, 5) is 21.0. The highest BCUT2D eigenvalue weighted by atomic mass is 19.1. The van der Waals surface area contributed by atoms with Gasteiger partial charge in [0.25, 0.3) is 0 Å². The van der Waals surface area contributed by atoms with E-state index in [2.05, 4.69) is 20.6 Å². The van der Waals surface area contributed by atoms with Crippen LogP contribution in [0.4, 0.5) is 26.4 Å². The third-order valence-corrected chi connectivity index (χ3v) is 7.05. The number of aromatic nitrogens is 2. The van der Waals surface area contributed by atoms with Crippen LogP contribution in [0.25, 0.3) is 21.9 Å². The van der Waals surface area contributed by atoms with Gasteiger partial charge in [-0.3, -0.25) is 10.3 Å². The molecule has 3 heterocycles. The van der Waals surface area contributed by atoms with E-state index >= 15 is 4.39 Å². The van der Waals surface area contributed by atoms with Crippen LogP contribution < -0.4 is 16.4 Å². The molecule has 1 unspecified atom stereocenters. The van der Waals surface area contributed by atoms with Gasteiger partial charge in [-0.15, -0.1) is 0 Å². The Morgan fingerprint density at radius 3 is 2.85 bits per heavy atom. The number of fused-ring (bicyclic) bond motifs is 4. The summed E-state index contributed by atoms with van der Waals surface area (Å²) in [6, 6.07) is 3.35. The Kier molecular flexibility index (Phi) is 4.45. The molecule has 3 aromatic rings. The number of carbonyl (C=O) groups is 1. The fourth-order valence-corrected chi connectivity index (χ4v) is 4.92. The predicted molar refractivity (Wildman–Crippen MR) is 123 cm³/mol. The van der Waals surface area contributed by atoms with Gasteiger partial charge in [0.1, 0.15) is 11.9 Å². The molecule has 9 heteroatoms. The van der Waals surface area contributed by atoms with Gasteiger partial charge in [0, 0.05) is 54.2 Å². The zero-order valence-corrected chi connectivity index (χ0v) is 18.1. The van der Waals surface area contributed by atoms with Crippen molar-refractivity contribution < 1.29 is 19.0 Å². The summed E-state index contributed by atoms with van der Waals surface area (Å²) in [5, 5.41) is 16.5. The van der Waals surface area contributed by atoms with E-state index in [0.717, 1.165) is 29.9 Å². The first-order chi connectivity index (χ1) is 15.9. The number of benzene rings is 1. The minimum absolute atomic E-state index is 0.0000750. The first-order valence-electron chi connectivity index (χ1n) is 11.2. The van der Waals surface area contributed by atoms with Crippen molar-refractivity contribution in [3.8, 4) is 11.1 Å². The number of nitrogen functional groups attached to an aromatic ring is 1. The Bertz CT molecular complexity index is 1310. The molecule has 2 aromatic heterocycles. The summed E-state index contributed by atoms with van der Waals surface area (Å²) in [5.74, 6) is 0.912. The number of pyridine rings is 2. The van der Waals surface area contributed by atoms with E-state index in [4.69, 9.17) is 10.5 Å². The molecule has 2 saturated carbocycles. The molecule has 3 aliphatic rings. The number of anilines is 3. The van der Waals surface area contributed by atoms with Crippen LogP contribution in [0.3, 0.4) is 0 Å². The van der Waals surface area contributed by atoms with Gasteiger partial charge in [0.15, 0.2) is 5.82 Å². The van der Waals surface area contributed by atoms with Gasteiger partial charge < -0.3 is 20.9 Å². The maximum absolute atomic E-state index is 15.3. The summed E-state index contributed by atoms with van der Waals surface area (Å²) in [6.45, 7) is 2.89. The Hall–Kier alpha value is -3.46. The Labute approximate surface area is 189 Å². The van der Waals surface area contributed by atoms with Crippen molar-refractivity contribution >= 4 is 34.1 Å². The Balaban J connectivity index is 1.34. The molecule has 0 bridgehead atoms. The second-order valence-electron chi connectivity index (χ2n) is 9.26. The van der Waals surface area contributed by atoms with Crippen LogP contribution in [0.2, 0.25) is 0 Å². The number of amides is 1. The van der Waals surface area contributed by atoms with E-state index < -0.39 is 18.0 Å². The van der Waals surface area contributed by atoms with Gasteiger partial charge in [0.2, 0.25) is 0 Å². The topological polar surface area (TPSA) is 122 Å². The van der Waals surface area contributed by atoms with Crippen LogP contribution in [-0.2, 0) is 4.74 Å². The Morgan fingerprint density at radius 1 is 1.24 bits per heavy atom. The number of hydrogen-bond acceptors (Lipinski definition) is 7. The van der Waals surface area contributed by atoms with Gasteiger partial charge in [-0.2, -0.15) is 0 Å². The molecule has 0 spiro atoms. The number of nitrogens with one attached hydrogen (secondary N) is 2. The van der Waals surface area contributed by atoms with Crippen molar-refractivity contribution in [3.05, 3.63) is 41.6 Å². The quantitative estimate of drug-likeness (QED) is 0.447. The molecule has 1 aliphatic heterocycles. The zero-order valence-electron chi connectivity index (χ0n) is 18.1. The number of rotatable bonds is 3. The van der Waals surface area contributed by atoms with E-state index in [0.29, 0.717) is 46.6 Å². The first kappa shape index (κ1) is 20.2. The van der Waals surface area contributed by atoms with E-state index in [1.54, 1.807) is 18.3 Å². The maximum atomic E-state index is 15.3. The van der Waals surface area contributed by atoms with Gasteiger partial charge in [0.05, 0.1) is 23.2 Å². The first-order valence-corrected chi connectivity index (χ1v) is 11.2. The van der Waals surface area contributed by atoms with Crippen molar-refractivity contribution in [2.75, 3.05) is 22.9 Å². The maximum Gasteiger partial charge on any atom is 0.413 e. The molecule has 1 amide bonds. The highest BCUT2D eigenvalue weighted by Crippen LogP contribution is 2.53. The molecule has 5 N–H and O–H groups in total. The molecular formula is C24H24FN5O3. The minimum Gasteiger partial charge on any atom is -0.446 e. The van der Waals surface area contributed by atoms with Crippen molar-refractivity contribution in [2.24, 2.45) is 5.92 Å². The lowest BCUT2D eigenvalue weighted by Gasteiger charge is -2.30. The highest BCUT2D eigenvalue weighted by molar-refractivity contribution is 5.99.